The first kappa shape index (κ1) is 14.8. The van der Waals surface area contributed by atoms with Gasteiger partial charge >= 0.3 is 0 Å². The standard InChI is InChI=1S/C18H16N2O3/c1-22-16-9-2-3-10-17(16)23-12-18(21)20-15-8-4-7-14-13(15)6-5-11-19-14/h2-11H,12H2,1H3,(H,20,21). The predicted octanol–water partition coefficient (Wildman–Crippen LogP) is 3.26. The van der Waals surface area contributed by atoms with Gasteiger partial charge in [-0.2, -0.15) is 0 Å². The second-order valence-electron chi connectivity index (χ2n) is 4.86. The van der Waals surface area contributed by atoms with Crippen LogP contribution in [-0.4, -0.2) is 24.6 Å². The van der Waals surface area contributed by atoms with Gasteiger partial charge in [0, 0.05) is 11.6 Å². The zero-order valence-electron chi connectivity index (χ0n) is 12.7. The van der Waals surface area contributed by atoms with Gasteiger partial charge in [-0.15, -0.1) is 0 Å². The highest BCUT2D eigenvalue weighted by molar-refractivity contribution is 6.01. The third-order valence-corrected chi connectivity index (χ3v) is 3.35. The molecule has 0 saturated carbocycles. The summed E-state index contributed by atoms with van der Waals surface area (Å²) in [6.45, 7) is -0.100. The van der Waals surface area contributed by atoms with Gasteiger partial charge in [0.1, 0.15) is 0 Å². The van der Waals surface area contributed by atoms with Gasteiger partial charge in [-0.05, 0) is 36.4 Å². The lowest BCUT2D eigenvalue weighted by atomic mass is 10.2. The lowest BCUT2D eigenvalue weighted by Gasteiger charge is -2.11. The summed E-state index contributed by atoms with van der Waals surface area (Å²) in [5.74, 6) is 0.881. The van der Waals surface area contributed by atoms with E-state index >= 15 is 0 Å². The zero-order chi connectivity index (χ0) is 16.1. The van der Waals surface area contributed by atoms with E-state index in [1.807, 2.05) is 42.5 Å². The smallest absolute Gasteiger partial charge is 0.262 e. The van der Waals surface area contributed by atoms with Gasteiger partial charge in [-0.3, -0.25) is 9.78 Å². The van der Waals surface area contributed by atoms with Gasteiger partial charge in [0.15, 0.2) is 18.1 Å². The van der Waals surface area contributed by atoms with Crippen LogP contribution < -0.4 is 14.8 Å². The first-order valence-corrected chi connectivity index (χ1v) is 7.17. The molecule has 0 aliphatic heterocycles. The van der Waals surface area contributed by atoms with Crippen LogP contribution in [0.3, 0.4) is 0 Å². The third-order valence-electron chi connectivity index (χ3n) is 3.35. The Balaban J connectivity index is 1.69. The van der Waals surface area contributed by atoms with Crippen molar-refractivity contribution >= 4 is 22.5 Å². The predicted molar refractivity (Wildman–Crippen MR) is 88.9 cm³/mol. The number of benzene rings is 2. The number of fused-ring (bicyclic) bond motifs is 1. The number of ether oxygens (including phenoxy) is 2. The van der Waals surface area contributed by atoms with Crippen molar-refractivity contribution in [2.24, 2.45) is 0 Å². The highest BCUT2D eigenvalue weighted by atomic mass is 16.5. The lowest BCUT2D eigenvalue weighted by molar-refractivity contribution is -0.118. The molecule has 0 aliphatic carbocycles. The molecule has 1 N–H and O–H groups in total. The minimum absolute atomic E-state index is 0.100. The molecule has 0 fully saturated rings. The monoisotopic (exact) mass is 308 g/mol. The summed E-state index contributed by atoms with van der Waals surface area (Å²) in [5, 5.41) is 3.74. The van der Waals surface area contributed by atoms with Crippen LogP contribution in [0.2, 0.25) is 0 Å². The average molecular weight is 308 g/mol. The summed E-state index contributed by atoms with van der Waals surface area (Å²) in [7, 11) is 1.56. The van der Waals surface area contributed by atoms with E-state index in [1.54, 1.807) is 25.4 Å². The molecule has 2 aromatic carbocycles. The summed E-state index contributed by atoms with van der Waals surface area (Å²) in [5.41, 5.74) is 1.54. The first-order valence-electron chi connectivity index (χ1n) is 7.17. The molecular weight excluding hydrogens is 292 g/mol. The van der Waals surface area contributed by atoms with E-state index in [9.17, 15) is 4.79 Å². The molecule has 1 amide bonds. The fourth-order valence-corrected chi connectivity index (χ4v) is 2.28. The van der Waals surface area contributed by atoms with Gasteiger partial charge in [0.05, 0.1) is 18.3 Å². The van der Waals surface area contributed by atoms with Crippen molar-refractivity contribution in [3.05, 3.63) is 60.8 Å². The number of hydrogen-bond donors (Lipinski definition) is 1. The van der Waals surface area contributed by atoms with Gasteiger partial charge in [-0.25, -0.2) is 0 Å². The summed E-state index contributed by atoms with van der Waals surface area (Å²) in [4.78, 5) is 16.4. The number of hydrogen-bond acceptors (Lipinski definition) is 4. The van der Waals surface area contributed by atoms with E-state index in [-0.39, 0.29) is 12.5 Å². The number of rotatable bonds is 5. The van der Waals surface area contributed by atoms with Crippen LogP contribution in [0.25, 0.3) is 10.9 Å². The number of amides is 1. The number of anilines is 1. The van der Waals surface area contributed by atoms with Crippen LogP contribution in [0, 0.1) is 0 Å². The second kappa shape index (κ2) is 6.79. The molecule has 1 heterocycles. The molecule has 0 saturated heterocycles. The zero-order valence-corrected chi connectivity index (χ0v) is 12.7. The Hall–Kier alpha value is -3.08. The summed E-state index contributed by atoms with van der Waals surface area (Å²) in [6.07, 6.45) is 1.72. The second-order valence-corrected chi connectivity index (χ2v) is 4.86. The molecular formula is C18H16N2O3. The van der Waals surface area contributed by atoms with E-state index in [2.05, 4.69) is 10.3 Å². The van der Waals surface area contributed by atoms with Gasteiger partial charge in [0.25, 0.3) is 5.91 Å². The van der Waals surface area contributed by atoms with Crippen molar-refractivity contribution in [2.45, 2.75) is 0 Å². The van der Waals surface area contributed by atoms with E-state index in [4.69, 9.17) is 9.47 Å². The van der Waals surface area contributed by atoms with Gasteiger partial charge in [0.2, 0.25) is 0 Å². The summed E-state index contributed by atoms with van der Waals surface area (Å²) < 4.78 is 10.7. The quantitative estimate of drug-likeness (QED) is 0.786. The van der Waals surface area contributed by atoms with Crippen molar-refractivity contribution in [3.8, 4) is 11.5 Å². The summed E-state index contributed by atoms with van der Waals surface area (Å²) >= 11 is 0. The van der Waals surface area contributed by atoms with Gasteiger partial charge in [-0.1, -0.05) is 18.2 Å². The highest BCUT2D eigenvalue weighted by Crippen LogP contribution is 2.26. The van der Waals surface area contributed by atoms with Crippen molar-refractivity contribution < 1.29 is 14.3 Å². The first-order chi connectivity index (χ1) is 11.3. The molecule has 0 aliphatic rings. The van der Waals surface area contributed by atoms with Crippen molar-refractivity contribution in [1.82, 2.24) is 4.98 Å². The minimum Gasteiger partial charge on any atom is -0.493 e. The highest BCUT2D eigenvalue weighted by Gasteiger charge is 2.09. The number of para-hydroxylation sites is 2. The maximum absolute atomic E-state index is 12.1. The van der Waals surface area contributed by atoms with Crippen LogP contribution in [0.1, 0.15) is 0 Å². The van der Waals surface area contributed by atoms with Crippen molar-refractivity contribution in [3.63, 3.8) is 0 Å². The Morgan fingerprint density at radius 1 is 1.04 bits per heavy atom. The molecule has 0 unspecified atom stereocenters. The average Bonchev–Trinajstić information content (AvgIpc) is 2.60. The molecule has 0 bridgehead atoms. The van der Waals surface area contributed by atoms with Crippen LogP contribution >= 0.6 is 0 Å². The molecule has 0 spiro atoms. The SMILES string of the molecule is COc1ccccc1OCC(=O)Nc1cccc2ncccc12. The Bertz CT molecular complexity index is 828. The molecule has 3 aromatic rings. The van der Waals surface area contributed by atoms with Crippen LogP contribution in [0.15, 0.2) is 60.8 Å². The fraction of sp³-hybridized carbons (Fsp3) is 0.111. The molecule has 0 radical (unpaired) electrons. The Morgan fingerprint density at radius 3 is 2.70 bits per heavy atom. The number of pyridine rings is 1. The van der Waals surface area contributed by atoms with E-state index in [0.29, 0.717) is 17.2 Å². The Labute approximate surface area is 133 Å². The van der Waals surface area contributed by atoms with E-state index in [0.717, 1.165) is 10.9 Å². The molecule has 23 heavy (non-hydrogen) atoms. The Kier molecular flexibility index (Phi) is 4.38. The molecule has 0 atom stereocenters. The largest absolute Gasteiger partial charge is 0.493 e. The molecule has 3 rings (SSSR count). The number of carbonyl (C=O) groups is 1. The summed E-state index contributed by atoms with van der Waals surface area (Å²) in [6, 6.07) is 16.5. The van der Waals surface area contributed by atoms with Crippen LogP contribution in [0.4, 0.5) is 5.69 Å². The van der Waals surface area contributed by atoms with Gasteiger partial charge < -0.3 is 14.8 Å². The van der Waals surface area contributed by atoms with E-state index < -0.39 is 0 Å². The third kappa shape index (κ3) is 3.40. The maximum Gasteiger partial charge on any atom is 0.262 e. The molecule has 5 heteroatoms. The number of nitrogens with zero attached hydrogens (tertiary/aromatic N) is 1. The van der Waals surface area contributed by atoms with Crippen LogP contribution in [-0.2, 0) is 4.79 Å². The molecule has 1 aromatic heterocycles. The normalized spacial score (nSPS) is 10.3. The fourth-order valence-electron chi connectivity index (χ4n) is 2.28. The lowest BCUT2D eigenvalue weighted by Crippen LogP contribution is -2.20. The van der Waals surface area contributed by atoms with Crippen LogP contribution in [0.5, 0.6) is 11.5 Å². The van der Waals surface area contributed by atoms with Crippen molar-refractivity contribution in [2.75, 3.05) is 19.0 Å². The molecule has 5 nitrogen and oxygen atoms in total. The van der Waals surface area contributed by atoms with E-state index in [1.165, 1.54) is 0 Å². The van der Waals surface area contributed by atoms with Crippen molar-refractivity contribution in [1.29, 1.82) is 0 Å². The number of aromatic nitrogens is 1. The number of methoxy groups -OCH3 is 1. The number of carbonyl (C=O) groups excluding carboxylic acids is 1. The number of nitrogens with one attached hydrogen (secondary N) is 1. The maximum atomic E-state index is 12.1. The Morgan fingerprint density at radius 2 is 1.87 bits per heavy atom. The minimum atomic E-state index is -0.243. The molecule has 116 valence electrons. The topological polar surface area (TPSA) is 60.5 Å².